The van der Waals surface area contributed by atoms with Crippen LogP contribution in [0.25, 0.3) is 0 Å². The molecule has 0 unspecified atom stereocenters. The largest absolute Gasteiger partial charge is 0.441 e. The van der Waals surface area contributed by atoms with Crippen molar-refractivity contribution < 1.29 is 26.6 Å². The zero-order chi connectivity index (χ0) is 31.9. The Labute approximate surface area is 257 Å². The van der Waals surface area contributed by atoms with E-state index in [2.05, 4.69) is 14.8 Å². The molecule has 0 amide bonds. The second-order valence-electron chi connectivity index (χ2n) is 9.83. The molecule has 6 rings (SSSR count). The number of aromatic nitrogens is 4. The molecule has 0 fully saturated rings. The van der Waals surface area contributed by atoms with Crippen molar-refractivity contribution in [2.24, 2.45) is 0 Å². The van der Waals surface area contributed by atoms with Crippen LogP contribution in [0.3, 0.4) is 0 Å². The van der Waals surface area contributed by atoms with E-state index in [0.29, 0.717) is 17.8 Å². The fourth-order valence-corrected chi connectivity index (χ4v) is 4.58. The Kier molecular flexibility index (Phi) is 9.73. The predicted octanol–water partition coefficient (Wildman–Crippen LogP) is 6.16. The molecule has 8 nitrogen and oxygen atoms in total. The third-order valence-electron chi connectivity index (χ3n) is 6.70. The van der Waals surface area contributed by atoms with Gasteiger partial charge in [-0.2, -0.15) is 0 Å². The highest BCUT2D eigenvalue weighted by Gasteiger charge is 2.16. The Bertz CT molecular complexity index is 1980. The molecule has 0 aliphatic heterocycles. The van der Waals surface area contributed by atoms with E-state index in [0.717, 1.165) is 11.1 Å². The molecule has 0 spiro atoms. The minimum Gasteiger partial charge on any atom is -0.296 e. The summed E-state index contributed by atoms with van der Waals surface area (Å²) >= 11 is 5.99. The van der Waals surface area contributed by atoms with E-state index >= 15 is 0 Å². The van der Waals surface area contributed by atoms with Gasteiger partial charge >= 0.3 is 11.5 Å². The van der Waals surface area contributed by atoms with Gasteiger partial charge in [-0.25, -0.2) is 27.2 Å². The van der Waals surface area contributed by atoms with Crippen LogP contribution < -0.4 is 11.5 Å². The smallest absolute Gasteiger partial charge is 0.296 e. The molecule has 45 heavy (non-hydrogen) atoms. The van der Waals surface area contributed by atoms with E-state index in [1.165, 1.54) is 57.7 Å². The highest BCUT2D eigenvalue weighted by molar-refractivity contribution is 6.31. The fraction of sp³-hybridized carbons (Fsp3) is 0.125. The summed E-state index contributed by atoms with van der Waals surface area (Å²) in [5.74, 6) is -2.10. The van der Waals surface area contributed by atoms with E-state index in [9.17, 15) is 27.2 Å². The van der Waals surface area contributed by atoms with Crippen molar-refractivity contribution in [3.63, 3.8) is 0 Å². The average Bonchev–Trinajstić information content (AvgIpc) is 3.55. The van der Waals surface area contributed by atoms with Crippen LogP contribution in [0.5, 0.6) is 0 Å². The van der Waals surface area contributed by atoms with Crippen LogP contribution in [0, 0.1) is 23.3 Å². The second-order valence-corrected chi connectivity index (χ2v) is 10.2. The van der Waals surface area contributed by atoms with E-state index in [1.807, 2.05) is 0 Å². The quantitative estimate of drug-likeness (QED) is 0.185. The molecule has 0 aliphatic carbocycles. The molecule has 2 aromatic heterocycles. The molecular weight excluding hydrogens is 616 g/mol. The fourth-order valence-electron chi connectivity index (χ4n) is 4.35. The van der Waals surface area contributed by atoms with Gasteiger partial charge in [0.15, 0.2) is 11.6 Å². The van der Waals surface area contributed by atoms with Crippen LogP contribution >= 0.6 is 11.6 Å². The van der Waals surface area contributed by atoms with Gasteiger partial charge in [0.2, 0.25) is 0 Å². The van der Waals surface area contributed by atoms with Crippen molar-refractivity contribution in [2.45, 2.75) is 25.9 Å². The summed E-state index contributed by atoms with van der Waals surface area (Å²) in [6, 6.07) is 21.8. The first kappa shape index (κ1) is 31.2. The minimum atomic E-state index is -0.670. The molecule has 0 radical (unpaired) electrons. The average molecular weight is 639 g/mol. The molecule has 0 N–H and O–H groups in total. The van der Waals surface area contributed by atoms with Gasteiger partial charge in [-0.1, -0.05) is 64.4 Å². The molecule has 0 aliphatic rings. The zero-order valence-corrected chi connectivity index (χ0v) is 24.1. The lowest BCUT2D eigenvalue weighted by Crippen LogP contribution is -2.18. The molecule has 2 heterocycles. The van der Waals surface area contributed by atoms with E-state index < -0.39 is 17.3 Å². The summed E-state index contributed by atoms with van der Waals surface area (Å²) in [4.78, 5) is 23.6. The van der Waals surface area contributed by atoms with Gasteiger partial charge in [-0.3, -0.25) is 18.2 Å². The van der Waals surface area contributed by atoms with E-state index in [4.69, 9.17) is 16.1 Å². The molecule has 0 saturated carbocycles. The van der Waals surface area contributed by atoms with E-state index in [-0.39, 0.29) is 53.4 Å². The second kappa shape index (κ2) is 14.0. The van der Waals surface area contributed by atoms with Crippen molar-refractivity contribution in [1.29, 1.82) is 0 Å². The third-order valence-corrected chi connectivity index (χ3v) is 7.06. The van der Waals surface area contributed by atoms with Crippen LogP contribution in [0.15, 0.2) is 110 Å². The lowest BCUT2D eigenvalue weighted by atomic mass is 10.1. The topological polar surface area (TPSA) is 96.1 Å². The number of hydrogen-bond donors (Lipinski definition) is 0. The summed E-state index contributed by atoms with van der Waals surface area (Å²) in [6.45, 7) is 0.378. The SMILES string of the molecule is O=c1onc(Cc2c(F)cccc2Cl)n1Cc1ccc(F)cc1.O=c1onc(Cc2ccc(F)cc2)n1Cc1ccc(F)cc1. The Morgan fingerprint density at radius 1 is 0.578 bits per heavy atom. The molecule has 0 atom stereocenters. The predicted molar refractivity (Wildman–Crippen MR) is 156 cm³/mol. The summed E-state index contributed by atoms with van der Waals surface area (Å²) in [7, 11) is 0. The Balaban J connectivity index is 0.000000178. The van der Waals surface area contributed by atoms with Gasteiger partial charge < -0.3 is 0 Å². The van der Waals surface area contributed by atoms with Gasteiger partial charge in [0, 0.05) is 23.4 Å². The summed E-state index contributed by atoms with van der Waals surface area (Å²) in [5.41, 5.74) is 2.49. The van der Waals surface area contributed by atoms with Gasteiger partial charge in [-0.05, 0) is 65.2 Å². The van der Waals surface area contributed by atoms with Crippen LogP contribution in [-0.2, 0) is 25.9 Å². The standard InChI is InChI=1S/C16H11ClF2N2O2.C16H12F2N2O2/c17-13-2-1-3-14(19)12(13)8-15-20-23-16(22)21(15)9-10-4-6-11(18)7-5-10;17-13-5-1-11(2-6-13)9-15-19-22-16(21)20(15)10-12-3-7-14(18)8-4-12/h1-7H,8-9H2;1-8H,9-10H2. The van der Waals surface area contributed by atoms with Crippen molar-refractivity contribution in [2.75, 3.05) is 0 Å². The number of nitrogens with zero attached hydrogens (tertiary/aromatic N) is 4. The third kappa shape index (κ3) is 8.03. The van der Waals surface area contributed by atoms with E-state index in [1.54, 1.807) is 42.5 Å². The number of hydrogen-bond acceptors (Lipinski definition) is 6. The van der Waals surface area contributed by atoms with Crippen LogP contribution in [0.2, 0.25) is 5.02 Å². The maximum absolute atomic E-state index is 13.9. The molecule has 230 valence electrons. The minimum absolute atomic E-state index is 0.0123. The van der Waals surface area contributed by atoms with Gasteiger partial charge in [0.1, 0.15) is 23.3 Å². The number of halogens is 5. The molecule has 6 aromatic rings. The Hall–Kier alpha value is -5.23. The molecule has 13 heteroatoms. The normalized spacial score (nSPS) is 10.9. The molecule has 0 bridgehead atoms. The first-order valence-electron chi connectivity index (χ1n) is 13.4. The lowest BCUT2D eigenvalue weighted by molar-refractivity contribution is 0.375. The van der Waals surface area contributed by atoms with Crippen LogP contribution in [0.1, 0.15) is 33.9 Å². The van der Waals surface area contributed by atoms with Crippen LogP contribution in [0.4, 0.5) is 17.6 Å². The molecular formula is C32H23ClF4N4O4. The summed E-state index contributed by atoms with van der Waals surface area (Å²) in [6.07, 6.45) is 0.353. The number of benzene rings is 4. The van der Waals surface area contributed by atoms with Gasteiger partial charge in [0.25, 0.3) is 0 Å². The van der Waals surface area contributed by atoms with Crippen molar-refractivity contribution in [3.05, 3.63) is 174 Å². The zero-order valence-electron chi connectivity index (χ0n) is 23.3. The Morgan fingerprint density at radius 2 is 1.00 bits per heavy atom. The number of rotatable bonds is 8. The maximum atomic E-state index is 13.9. The summed E-state index contributed by atoms with van der Waals surface area (Å²) in [5, 5.41) is 7.68. The molecule has 0 saturated heterocycles. The first-order valence-corrected chi connectivity index (χ1v) is 13.8. The van der Waals surface area contributed by atoms with Crippen molar-refractivity contribution in [1.82, 2.24) is 19.4 Å². The van der Waals surface area contributed by atoms with Crippen molar-refractivity contribution in [3.8, 4) is 0 Å². The highest BCUT2D eigenvalue weighted by Crippen LogP contribution is 2.21. The highest BCUT2D eigenvalue weighted by atomic mass is 35.5. The summed E-state index contributed by atoms with van der Waals surface area (Å²) < 4.78 is 64.6. The van der Waals surface area contributed by atoms with Crippen LogP contribution in [-0.4, -0.2) is 19.4 Å². The van der Waals surface area contributed by atoms with Gasteiger partial charge in [0.05, 0.1) is 13.1 Å². The van der Waals surface area contributed by atoms with Crippen molar-refractivity contribution >= 4 is 11.6 Å². The van der Waals surface area contributed by atoms with Gasteiger partial charge in [-0.15, -0.1) is 0 Å². The Morgan fingerprint density at radius 3 is 1.44 bits per heavy atom. The molecule has 4 aromatic carbocycles. The first-order chi connectivity index (χ1) is 21.7. The lowest BCUT2D eigenvalue weighted by Gasteiger charge is -2.07. The maximum Gasteiger partial charge on any atom is 0.441 e. The monoisotopic (exact) mass is 638 g/mol.